The Morgan fingerprint density at radius 1 is 1.14 bits per heavy atom. The van der Waals surface area contributed by atoms with Gasteiger partial charge in [-0.1, -0.05) is 0 Å². The Morgan fingerprint density at radius 3 is 2.38 bits per heavy atom. The normalized spacial score (nSPS) is 17.9. The third kappa shape index (κ3) is 6.05. The maximum Gasteiger partial charge on any atom is 0.409 e. The molecule has 0 saturated carbocycles. The van der Waals surface area contributed by atoms with Crippen molar-refractivity contribution in [3.8, 4) is 0 Å². The molecular weight excluding hydrogens is 524 g/mol. The average molecular weight is 549 g/mol. The Kier molecular flexibility index (Phi) is 8.48. The number of nitrogens with zero attached hydrogens (tertiary/aromatic N) is 2. The summed E-state index contributed by atoms with van der Waals surface area (Å²) in [5.41, 5.74) is -1.27. The monoisotopic (exact) mass is 548 g/mol. The number of benzene rings is 1. The molecule has 15 heteroatoms. The van der Waals surface area contributed by atoms with E-state index in [-0.39, 0.29) is 19.7 Å². The number of sulfonamides is 1. The molecule has 1 aliphatic rings. The lowest BCUT2D eigenvalue weighted by Gasteiger charge is -2.17. The molecule has 37 heavy (non-hydrogen) atoms. The predicted molar refractivity (Wildman–Crippen MR) is 122 cm³/mol. The van der Waals surface area contributed by atoms with E-state index in [1.807, 2.05) is 5.32 Å². The summed E-state index contributed by atoms with van der Waals surface area (Å²) in [6.07, 6.45) is 3.04. The molecule has 1 aromatic carbocycles. The quantitative estimate of drug-likeness (QED) is 0.298. The van der Waals surface area contributed by atoms with Gasteiger partial charge in [0.2, 0.25) is 10.0 Å². The molecule has 1 aliphatic heterocycles. The molecule has 1 aromatic heterocycles. The van der Waals surface area contributed by atoms with Crippen molar-refractivity contribution in [3.63, 3.8) is 0 Å². The van der Waals surface area contributed by atoms with Crippen LogP contribution in [0.2, 0.25) is 0 Å². The number of carbonyl (C=O) groups excluding carboxylic acids is 2. The van der Waals surface area contributed by atoms with Gasteiger partial charge in [0.15, 0.2) is 23.3 Å². The van der Waals surface area contributed by atoms with Gasteiger partial charge in [-0.15, -0.1) is 0 Å². The van der Waals surface area contributed by atoms with Crippen molar-refractivity contribution in [1.82, 2.24) is 14.2 Å². The Balaban J connectivity index is 1.85. The van der Waals surface area contributed by atoms with Gasteiger partial charge >= 0.3 is 6.09 Å². The number of aromatic nitrogens is 1. The number of halogens is 4. The third-order valence-corrected chi connectivity index (χ3v) is 6.97. The van der Waals surface area contributed by atoms with Crippen molar-refractivity contribution in [3.05, 3.63) is 59.6 Å². The zero-order valence-corrected chi connectivity index (χ0v) is 20.7. The van der Waals surface area contributed by atoms with Crippen molar-refractivity contribution >= 4 is 27.7 Å². The van der Waals surface area contributed by atoms with Crippen LogP contribution in [0.25, 0.3) is 0 Å². The van der Waals surface area contributed by atoms with Gasteiger partial charge in [-0.2, -0.15) is 0 Å². The zero-order valence-electron chi connectivity index (χ0n) is 19.9. The number of amides is 2. The Labute approximate surface area is 209 Å². The maximum absolute atomic E-state index is 15.2. The second-order valence-corrected chi connectivity index (χ2v) is 9.72. The van der Waals surface area contributed by atoms with E-state index in [1.54, 1.807) is 6.92 Å². The molecule has 2 unspecified atom stereocenters. The number of nitrogens with one attached hydrogen (secondary N) is 2. The van der Waals surface area contributed by atoms with E-state index in [4.69, 9.17) is 9.47 Å². The van der Waals surface area contributed by atoms with Crippen molar-refractivity contribution in [1.29, 1.82) is 0 Å². The van der Waals surface area contributed by atoms with Crippen LogP contribution in [-0.4, -0.2) is 62.7 Å². The third-order valence-electron chi connectivity index (χ3n) is 5.49. The van der Waals surface area contributed by atoms with Crippen LogP contribution in [0.1, 0.15) is 17.4 Å². The standard InChI is InChI=1S/C22H24F4N4O6S/c1-4-36-22(32)30-9-12(5-6-35-3)16(10-30)28-37(33,34)17-11-29(2)20(19(17)26)21(31)27-13-7-14(23)18(25)15(24)8-13/h5-8,11-12,16,28H,4,9-10H2,1-3H3,(H,27,31). The summed E-state index contributed by atoms with van der Waals surface area (Å²) in [5, 5.41) is 2.00. The number of anilines is 1. The number of methoxy groups -OCH3 is 1. The first-order valence-electron chi connectivity index (χ1n) is 10.8. The van der Waals surface area contributed by atoms with E-state index in [0.717, 1.165) is 10.8 Å². The second-order valence-electron chi connectivity index (χ2n) is 8.03. The van der Waals surface area contributed by atoms with E-state index in [2.05, 4.69) is 4.72 Å². The van der Waals surface area contributed by atoms with Crippen LogP contribution in [0.15, 0.2) is 35.6 Å². The highest BCUT2D eigenvalue weighted by Crippen LogP contribution is 2.26. The lowest BCUT2D eigenvalue weighted by Crippen LogP contribution is -2.41. The first kappa shape index (κ1) is 28.0. The number of carbonyl (C=O) groups is 2. The Hall–Kier alpha value is -3.59. The van der Waals surface area contributed by atoms with E-state index < -0.39 is 73.5 Å². The Bertz CT molecular complexity index is 1310. The molecule has 0 aliphatic carbocycles. The van der Waals surface area contributed by atoms with Crippen molar-refractivity contribution in [2.45, 2.75) is 17.9 Å². The molecule has 2 aromatic rings. The van der Waals surface area contributed by atoms with Gasteiger partial charge in [-0.3, -0.25) is 4.79 Å². The first-order valence-corrected chi connectivity index (χ1v) is 12.3. The number of likely N-dealkylation sites (tertiary alicyclic amines) is 1. The molecule has 1 fully saturated rings. The molecule has 3 rings (SSSR count). The molecular formula is C22H24F4N4O6S. The van der Waals surface area contributed by atoms with Crippen LogP contribution in [-0.2, 0) is 26.5 Å². The first-order chi connectivity index (χ1) is 17.4. The summed E-state index contributed by atoms with van der Waals surface area (Å²) >= 11 is 0. The fourth-order valence-corrected chi connectivity index (χ4v) is 5.19. The van der Waals surface area contributed by atoms with Gasteiger partial charge in [0.05, 0.1) is 20.0 Å². The fourth-order valence-electron chi connectivity index (χ4n) is 3.79. The van der Waals surface area contributed by atoms with Crippen LogP contribution in [0.3, 0.4) is 0 Å². The zero-order chi connectivity index (χ0) is 27.5. The SMILES string of the molecule is CCOC(=O)N1CC(C=COC)C(NS(=O)(=O)c2cn(C)c(C(=O)Nc3cc(F)c(F)c(F)c3)c2F)C1. The lowest BCUT2D eigenvalue weighted by atomic mass is 10.1. The van der Waals surface area contributed by atoms with E-state index in [1.165, 1.54) is 31.4 Å². The number of hydrogen-bond acceptors (Lipinski definition) is 6. The number of hydrogen-bond donors (Lipinski definition) is 2. The lowest BCUT2D eigenvalue weighted by molar-refractivity contribution is 0.101. The molecule has 0 spiro atoms. The highest BCUT2D eigenvalue weighted by atomic mass is 32.2. The summed E-state index contributed by atoms with van der Waals surface area (Å²) in [5.74, 6) is -8.13. The van der Waals surface area contributed by atoms with E-state index in [9.17, 15) is 31.2 Å². The van der Waals surface area contributed by atoms with E-state index in [0.29, 0.717) is 12.1 Å². The van der Waals surface area contributed by atoms with Gasteiger partial charge in [0.25, 0.3) is 5.91 Å². The van der Waals surface area contributed by atoms with Crippen LogP contribution < -0.4 is 10.0 Å². The Morgan fingerprint density at radius 2 is 1.78 bits per heavy atom. The maximum atomic E-state index is 15.2. The predicted octanol–water partition coefficient (Wildman–Crippen LogP) is 2.73. The minimum Gasteiger partial charge on any atom is -0.505 e. The molecule has 0 radical (unpaired) electrons. The minimum atomic E-state index is -4.57. The van der Waals surface area contributed by atoms with E-state index >= 15 is 4.39 Å². The average Bonchev–Trinajstić information content (AvgIpc) is 3.35. The molecule has 202 valence electrons. The van der Waals surface area contributed by atoms with Gasteiger partial charge in [0.1, 0.15) is 10.6 Å². The second kappa shape index (κ2) is 11.2. The number of ether oxygens (including phenoxy) is 2. The molecule has 2 heterocycles. The molecule has 10 nitrogen and oxygen atoms in total. The highest BCUT2D eigenvalue weighted by molar-refractivity contribution is 7.89. The van der Waals surface area contributed by atoms with Crippen molar-refractivity contribution < 1.29 is 45.0 Å². The van der Waals surface area contributed by atoms with Crippen molar-refractivity contribution in [2.75, 3.05) is 32.1 Å². The number of rotatable bonds is 8. The summed E-state index contributed by atoms with van der Waals surface area (Å²) in [6.45, 7) is 1.74. The van der Waals surface area contributed by atoms with Gasteiger partial charge < -0.3 is 24.3 Å². The number of aryl methyl sites for hydroxylation is 1. The fraction of sp³-hybridized carbons (Fsp3) is 0.364. The molecule has 2 N–H and O–H groups in total. The summed E-state index contributed by atoms with van der Waals surface area (Å²) < 4.78 is 94.5. The van der Waals surface area contributed by atoms with Gasteiger partial charge in [-0.25, -0.2) is 35.5 Å². The summed E-state index contributed by atoms with van der Waals surface area (Å²) in [6, 6.07) is 0.0849. The van der Waals surface area contributed by atoms with Crippen LogP contribution in [0.5, 0.6) is 0 Å². The van der Waals surface area contributed by atoms with Gasteiger partial charge in [-0.05, 0) is 13.0 Å². The minimum absolute atomic E-state index is 0.0831. The van der Waals surface area contributed by atoms with Crippen molar-refractivity contribution in [2.24, 2.45) is 13.0 Å². The van der Waals surface area contributed by atoms with Gasteiger partial charge in [0, 0.05) is 56.1 Å². The largest absolute Gasteiger partial charge is 0.505 e. The smallest absolute Gasteiger partial charge is 0.409 e. The highest BCUT2D eigenvalue weighted by Gasteiger charge is 2.39. The van der Waals surface area contributed by atoms with Crippen LogP contribution in [0.4, 0.5) is 28.0 Å². The molecule has 1 saturated heterocycles. The van der Waals surface area contributed by atoms with Crippen LogP contribution in [0, 0.1) is 29.2 Å². The molecule has 2 amide bonds. The molecule has 2 atom stereocenters. The van der Waals surface area contributed by atoms with Crippen LogP contribution >= 0.6 is 0 Å². The summed E-state index contributed by atoms with van der Waals surface area (Å²) in [7, 11) is -2.00. The topological polar surface area (TPSA) is 119 Å². The molecule has 0 bridgehead atoms. The summed E-state index contributed by atoms with van der Waals surface area (Å²) in [4.78, 5) is 25.1.